The highest BCUT2D eigenvalue weighted by Gasteiger charge is 2.05. The third-order valence-corrected chi connectivity index (χ3v) is 3.68. The third kappa shape index (κ3) is 3.58. The molecule has 0 aliphatic rings. The van der Waals surface area contributed by atoms with Crippen LogP contribution in [-0.2, 0) is 0 Å². The summed E-state index contributed by atoms with van der Waals surface area (Å²) in [5.41, 5.74) is 8.32. The lowest BCUT2D eigenvalue weighted by molar-refractivity contribution is 0.479. The van der Waals surface area contributed by atoms with Crippen LogP contribution in [0, 0.1) is 6.92 Å². The van der Waals surface area contributed by atoms with Gasteiger partial charge in [0.1, 0.15) is 11.5 Å². The minimum Gasteiger partial charge on any atom is -0.456 e. The molecule has 0 bridgehead atoms. The van der Waals surface area contributed by atoms with Crippen molar-refractivity contribution >= 4 is 15.9 Å². The van der Waals surface area contributed by atoms with Crippen LogP contribution in [0.2, 0.25) is 0 Å². The topological polar surface area (TPSA) is 35.2 Å². The van der Waals surface area contributed by atoms with Crippen LogP contribution in [0.5, 0.6) is 11.5 Å². The Morgan fingerprint density at radius 3 is 2.42 bits per heavy atom. The van der Waals surface area contributed by atoms with E-state index in [2.05, 4.69) is 29.8 Å². The maximum absolute atomic E-state index is 5.99. The van der Waals surface area contributed by atoms with Crippen LogP contribution < -0.4 is 10.5 Å². The Morgan fingerprint density at radius 2 is 1.84 bits per heavy atom. The van der Waals surface area contributed by atoms with Crippen LogP contribution in [0.15, 0.2) is 46.9 Å². The largest absolute Gasteiger partial charge is 0.456 e. The Balaban J connectivity index is 2.15. The SMILES string of the molecule is CC[C@@H](N)c1ccc(Oc2ccc(C)cc2Br)cc1. The average Bonchev–Trinajstić information content (AvgIpc) is 2.42. The molecule has 19 heavy (non-hydrogen) atoms. The predicted octanol–water partition coefficient (Wildman–Crippen LogP) is 4.96. The van der Waals surface area contributed by atoms with Crippen molar-refractivity contribution in [1.82, 2.24) is 0 Å². The second-order valence-corrected chi connectivity index (χ2v) is 5.47. The molecule has 3 heteroatoms. The highest BCUT2D eigenvalue weighted by atomic mass is 79.9. The van der Waals surface area contributed by atoms with E-state index in [0.29, 0.717) is 0 Å². The van der Waals surface area contributed by atoms with E-state index >= 15 is 0 Å². The number of rotatable bonds is 4. The molecule has 2 aromatic carbocycles. The molecule has 0 spiro atoms. The Kier molecular flexibility index (Phi) is 4.61. The van der Waals surface area contributed by atoms with Crippen LogP contribution in [-0.4, -0.2) is 0 Å². The first kappa shape index (κ1) is 14.1. The van der Waals surface area contributed by atoms with Crippen LogP contribution in [0.25, 0.3) is 0 Å². The molecule has 0 aliphatic carbocycles. The van der Waals surface area contributed by atoms with E-state index in [1.54, 1.807) is 0 Å². The molecular weight excluding hydrogens is 302 g/mol. The number of ether oxygens (including phenoxy) is 1. The first-order valence-corrected chi connectivity index (χ1v) is 7.19. The molecule has 1 atom stereocenters. The van der Waals surface area contributed by atoms with Crippen molar-refractivity contribution in [1.29, 1.82) is 0 Å². The van der Waals surface area contributed by atoms with Crippen LogP contribution in [0.3, 0.4) is 0 Å². The van der Waals surface area contributed by atoms with E-state index in [-0.39, 0.29) is 6.04 Å². The highest BCUT2D eigenvalue weighted by Crippen LogP contribution is 2.30. The van der Waals surface area contributed by atoms with Gasteiger partial charge < -0.3 is 10.5 Å². The van der Waals surface area contributed by atoms with Gasteiger partial charge in [-0.1, -0.05) is 25.1 Å². The lowest BCUT2D eigenvalue weighted by Gasteiger charge is -2.11. The van der Waals surface area contributed by atoms with E-state index in [0.717, 1.165) is 28.0 Å². The van der Waals surface area contributed by atoms with Gasteiger partial charge in [0, 0.05) is 6.04 Å². The first-order chi connectivity index (χ1) is 9.10. The lowest BCUT2D eigenvalue weighted by Crippen LogP contribution is -2.08. The molecule has 0 unspecified atom stereocenters. The van der Waals surface area contributed by atoms with Gasteiger partial charge in [-0.2, -0.15) is 0 Å². The van der Waals surface area contributed by atoms with Gasteiger partial charge in [0.2, 0.25) is 0 Å². The molecule has 0 fully saturated rings. The van der Waals surface area contributed by atoms with Gasteiger partial charge >= 0.3 is 0 Å². The third-order valence-electron chi connectivity index (χ3n) is 3.06. The van der Waals surface area contributed by atoms with E-state index in [1.807, 2.05) is 42.5 Å². The summed E-state index contributed by atoms with van der Waals surface area (Å²) in [4.78, 5) is 0. The Morgan fingerprint density at radius 1 is 1.16 bits per heavy atom. The number of halogens is 1. The first-order valence-electron chi connectivity index (χ1n) is 6.39. The summed E-state index contributed by atoms with van der Waals surface area (Å²) in [6.07, 6.45) is 0.934. The molecule has 0 saturated heterocycles. The average molecular weight is 320 g/mol. The highest BCUT2D eigenvalue weighted by molar-refractivity contribution is 9.10. The fourth-order valence-electron chi connectivity index (χ4n) is 1.83. The predicted molar refractivity (Wildman–Crippen MR) is 82.6 cm³/mol. The monoisotopic (exact) mass is 319 g/mol. The molecule has 2 aromatic rings. The van der Waals surface area contributed by atoms with Gasteiger partial charge in [-0.25, -0.2) is 0 Å². The summed E-state index contributed by atoms with van der Waals surface area (Å²) in [5, 5.41) is 0. The molecule has 100 valence electrons. The minimum absolute atomic E-state index is 0.0974. The molecular formula is C16H18BrNO. The van der Waals surface area contributed by atoms with Gasteiger partial charge in [0.05, 0.1) is 4.47 Å². The fourth-order valence-corrected chi connectivity index (χ4v) is 2.41. The lowest BCUT2D eigenvalue weighted by atomic mass is 10.1. The van der Waals surface area contributed by atoms with Crippen molar-refractivity contribution < 1.29 is 4.74 Å². The summed E-state index contributed by atoms with van der Waals surface area (Å²) in [6, 6.07) is 14.1. The summed E-state index contributed by atoms with van der Waals surface area (Å²) in [5.74, 6) is 1.63. The van der Waals surface area contributed by atoms with E-state index in [4.69, 9.17) is 10.5 Å². The van der Waals surface area contributed by atoms with E-state index in [9.17, 15) is 0 Å². The van der Waals surface area contributed by atoms with Crippen molar-refractivity contribution in [3.8, 4) is 11.5 Å². The normalized spacial score (nSPS) is 12.2. The van der Waals surface area contributed by atoms with Gasteiger partial charge in [-0.3, -0.25) is 0 Å². The second-order valence-electron chi connectivity index (χ2n) is 4.62. The maximum atomic E-state index is 5.99. The Labute approximate surface area is 122 Å². The Hall–Kier alpha value is -1.32. The zero-order chi connectivity index (χ0) is 13.8. The van der Waals surface area contributed by atoms with E-state index < -0.39 is 0 Å². The zero-order valence-electron chi connectivity index (χ0n) is 11.2. The molecule has 0 aromatic heterocycles. The number of benzene rings is 2. The summed E-state index contributed by atoms with van der Waals surface area (Å²) in [6.45, 7) is 4.13. The quantitative estimate of drug-likeness (QED) is 0.864. The van der Waals surface area contributed by atoms with Gasteiger partial charge in [0.25, 0.3) is 0 Å². The van der Waals surface area contributed by atoms with Crippen LogP contribution in [0.1, 0.15) is 30.5 Å². The Bertz CT molecular complexity index is 551. The molecule has 2 nitrogen and oxygen atoms in total. The second kappa shape index (κ2) is 6.22. The smallest absolute Gasteiger partial charge is 0.141 e. The molecule has 0 amide bonds. The maximum Gasteiger partial charge on any atom is 0.141 e. The van der Waals surface area contributed by atoms with Gasteiger partial charge in [-0.15, -0.1) is 0 Å². The van der Waals surface area contributed by atoms with Crippen molar-refractivity contribution in [3.63, 3.8) is 0 Å². The molecule has 2 N–H and O–H groups in total. The molecule has 0 radical (unpaired) electrons. The molecule has 0 saturated carbocycles. The van der Waals surface area contributed by atoms with Crippen molar-refractivity contribution in [2.45, 2.75) is 26.3 Å². The van der Waals surface area contributed by atoms with Crippen molar-refractivity contribution in [2.24, 2.45) is 5.73 Å². The van der Waals surface area contributed by atoms with Crippen LogP contribution >= 0.6 is 15.9 Å². The molecule has 0 heterocycles. The summed E-state index contributed by atoms with van der Waals surface area (Å²) >= 11 is 3.51. The number of hydrogen-bond acceptors (Lipinski definition) is 2. The summed E-state index contributed by atoms with van der Waals surface area (Å²) < 4.78 is 6.80. The number of nitrogens with two attached hydrogens (primary N) is 1. The van der Waals surface area contributed by atoms with Crippen molar-refractivity contribution in [2.75, 3.05) is 0 Å². The van der Waals surface area contributed by atoms with E-state index in [1.165, 1.54) is 5.56 Å². The zero-order valence-corrected chi connectivity index (χ0v) is 12.8. The summed E-state index contributed by atoms with van der Waals surface area (Å²) in [7, 11) is 0. The van der Waals surface area contributed by atoms with Crippen LogP contribution in [0.4, 0.5) is 0 Å². The standard InChI is InChI=1S/C16H18BrNO/c1-3-15(18)12-5-7-13(8-6-12)19-16-9-4-11(2)10-14(16)17/h4-10,15H,3,18H2,1-2H3/t15-/m1/s1. The van der Waals surface area contributed by atoms with Gasteiger partial charge in [-0.05, 0) is 64.7 Å². The molecule has 0 aliphatic heterocycles. The minimum atomic E-state index is 0.0974. The van der Waals surface area contributed by atoms with Crippen molar-refractivity contribution in [3.05, 3.63) is 58.1 Å². The molecule has 2 rings (SSSR count). The fraction of sp³-hybridized carbons (Fsp3) is 0.250. The number of aryl methyl sites for hydroxylation is 1. The number of hydrogen-bond donors (Lipinski definition) is 1. The van der Waals surface area contributed by atoms with Gasteiger partial charge in [0.15, 0.2) is 0 Å².